The van der Waals surface area contributed by atoms with E-state index in [-0.39, 0.29) is 11.7 Å². The van der Waals surface area contributed by atoms with Gasteiger partial charge in [-0.1, -0.05) is 50.9 Å². The highest BCUT2D eigenvalue weighted by atomic mass is 79.9. The van der Waals surface area contributed by atoms with Crippen LogP contribution in [0, 0.1) is 6.92 Å². The van der Waals surface area contributed by atoms with E-state index in [0.717, 1.165) is 15.7 Å². The monoisotopic (exact) mass is 485 g/mol. The number of hydrogen-bond donors (Lipinski definition) is 2. The molecule has 2 aromatic carbocycles. The van der Waals surface area contributed by atoms with E-state index >= 15 is 0 Å². The Morgan fingerprint density at radius 3 is 2.74 bits per heavy atom. The molecule has 0 bridgehead atoms. The number of anilines is 1. The molecule has 0 radical (unpaired) electrons. The molecular formula is C17H14BrCl2N5OS. The van der Waals surface area contributed by atoms with Crippen molar-refractivity contribution < 1.29 is 4.79 Å². The average molecular weight is 487 g/mol. The lowest BCUT2D eigenvalue weighted by Crippen LogP contribution is -2.17. The number of benzene rings is 2. The quantitative estimate of drug-likeness (QED) is 0.400. The van der Waals surface area contributed by atoms with Gasteiger partial charge in [0, 0.05) is 20.7 Å². The zero-order chi connectivity index (χ0) is 19.6. The van der Waals surface area contributed by atoms with Gasteiger partial charge in [-0.2, -0.15) is 0 Å². The first-order valence-corrected chi connectivity index (χ1v) is 10.2. The molecule has 3 N–H and O–H groups in total. The van der Waals surface area contributed by atoms with Crippen molar-refractivity contribution in [3.63, 3.8) is 0 Å². The third kappa shape index (κ3) is 4.76. The molecular weight excluding hydrogens is 473 g/mol. The molecule has 0 saturated carbocycles. The molecule has 0 aliphatic carbocycles. The molecule has 140 valence electrons. The lowest BCUT2D eigenvalue weighted by molar-refractivity contribution is -0.113. The van der Waals surface area contributed by atoms with Gasteiger partial charge in [0.15, 0.2) is 5.82 Å². The molecule has 0 atom stereocenters. The maximum atomic E-state index is 12.2. The van der Waals surface area contributed by atoms with Gasteiger partial charge >= 0.3 is 0 Å². The maximum Gasteiger partial charge on any atom is 0.234 e. The summed E-state index contributed by atoms with van der Waals surface area (Å²) in [7, 11) is 0. The molecule has 0 fully saturated rings. The number of thioether (sulfide) groups is 1. The smallest absolute Gasteiger partial charge is 0.234 e. The predicted octanol–water partition coefficient (Wildman–Crippen LogP) is 4.77. The van der Waals surface area contributed by atoms with Crippen molar-refractivity contribution in [2.24, 2.45) is 0 Å². The number of carbonyl (C=O) groups is 1. The molecule has 3 rings (SSSR count). The fourth-order valence-corrected chi connectivity index (χ4v) is 3.94. The Bertz CT molecular complexity index is 1010. The van der Waals surface area contributed by atoms with Gasteiger partial charge in [0.2, 0.25) is 11.1 Å². The molecule has 3 aromatic rings. The van der Waals surface area contributed by atoms with Crippen LogP contribution in [0.4, 0.5) is 5.69 Å². The Balaban J connectivity index is 1.68. The fraction of sp³-hybridized carbons (Fsp3) is 0.118. The summed E-state index contributed by atoms with van der Waals surface area (Å²) in [5.74, 6) is 6.43. The lowest BCUT2D eigenvalue weighted by Gasteiger charge is -2.09. The maximum absolute atomic E-state index is 12.2. The molecule has 6 nitrogen and oxygen atoms in total. The number of hydrogen-bond acceptors (Lipinski definition) is 5. The van der Waals surface area contributed by atoms with E-state index in [0.29, 0.717) is 26.6 Å². The molecule has 0 aliphatic heterocycles. The predicted molar refractivity (Wildman–Crippen MR) is 114 cm³/mol. The summed E-state index contributed by atoms with van der Waals surface area (Å²) in [5.41, 5.74) is 2.33. The van der Waals surface area contributed by atoms with Crippen molar-refractivity contribution in [1.82, 2.24) is 14.9 Å². The van der Waals surface area contributed by atoms with Gasteiger partial charge in [-0.15, -0.1) is 10.2 Å². The van der Waals surface area contributed by atoms with E-state index in [1.54, 1.807) is 18.2 Å². The Kier molecular flexibility index (Phi) is 6.31. The van der Waals surface area contributed by atoms with Gasteiger partial charge in [0.05, 0.1) is 10.8 Å². The summed E-state index contributed by atoms with van der Waals surface area (Å²) in [6.07, 6.45) is 0. The topological polar surface area (TPSA) is 85.8 Å². The second-order valence-corrected chi connectivity index (χ2v) is 8.30. The van der Waals surface area contributed by atoms with Crippen molar-refractivity contribution in [3.8, 4) is 11.4 Å². The van der Waals surface area contributed by atoms with Gasteiger partial charge < -0.3 is 11.2 Å². The molecule has 0 unspecified atom stereocenters. The van der Waals surface area contributed by atoms with Crippen molar-refractivity contribution in [3.05, 3.63) is 56.5 Å². The molecule has 1 aromatic heterocycles. The van der Waals surface area contributed by atoms with E-state index in [4.69, 9.17) is 29.0 Å². The van der Waals surface area contributed by atoms with Crippen molar-refractivity contribution in [2.75, 3.05) is 16.9 Å². The SMILES string of the molecule is Cc1cc(Br)ccc1NC(=O)CSc1nnc(-c2ccc(Cl)cc2Cl)n1N. The largest absolute Gasteiger partial charge is 0.335 e. The van der Waals surface area contributed by atoms with E-state index < -0.39 is 0 Å². The second kappa shape index (κ2) is 8.52. The summed E-state index contributed by atoms with van der Waals surface area (Å²) in [4.78, 5) is 12.2. The zero-order valence-electron chi connectivity index (χ0n) is 14.0. The van der Waals surface area contributed by atoms with Crippen LogP contribution < -0.4 is 11.2 Å². The van der Waals surface area contributed by atoms with E-state index in [1.807, 2.05) is 25.1 Å². The summed E-state index contributed by atoms with van der Waals surface area (Å²) in [6.45, 7) is 1.92. The van der Waals surface area contributed by atoms with Crippen LogP contribution in [0.3, 0.4) is 0 Å². The van der Waals surface area contributed by atoms with Crippen LogP contribution in [0.2, 0.25) is 10.0 Å². The van der Waals surface area contributed by atoms with E-state index in [2.05, 4.69) is 31.4 Å². The molecule has 1 heterocycles. The minimum absolute atomic E-state index is 0.138. The van der Waals surface area contributed by atoms with Gasteiger partial charge in [-0.3, -0.25) is 4.79 Å². The third-order valence-electron chi connectivity index (χ3n) is 3.63. The number of nitrogens with two attached hydrogens (primary N) is 1. The van der Waals surface area contributed by atoms with Crippen LogP contribution in [0.15, 0.2) is 46.0 Å². The van der Waals surface area contributed by atoms with Crippen molar-refractivity contribution in [2.45, 2.75) is 12.1 Å². The number of aryl methyl sites for hydroxylation is 1. The number of nitrogens with zero attached hydrogens (tertiary/aromatic N) is 3. The minimum Gasteiger partial charge on any atom is -0.335 e. The lowest BCUT2D eigenvalue weighted by atomic mass is 10.2. The highest BCUT2D eigenvalue weighted by Gasteiger charge is 2.16. The van der Waals surface area contributed by atoms with Crippen LogP contribution in [-0.2, 0) is 4.79 Å². The first kappa shape index (κ1) is 20.0. The van der Waals surface area contributed by atoms with Crippen molar-refractivity contribution >= 4 is 62.5 Å². The first-order chi connectivity index (χ1) is 12.8. The molecule has 27 heavy (non-hydrogen) atoms. The summed E-state index contributed by atoms with van der Waals surface area (Å²) in [6, 6.07) is 10.7. The number of nitrogen functional groups attached to an aromatic ring is 1. The van der Waals surface area contributed by atoms with Crippen LogP contribution >= 0.6 is 50.9 Å². The molecule has 0 spiro atoms. The van der Waals surface area contributed by atoms with Gasteiger partial charge in [-0.05, 0) is 48.9 Å². The second-order valence-electron chi connectivity index (χ2n) is 5.60. The summed E-state index contributed by atoms with van der Waals surface area (Å²) >= 11 is 16.7. The van der Waals surface area contributed by atoms with Crippen LogP contribution in [-0.4, -0.2) is 26.5 Å². The van der Waals surface area contributed by atoms with Crippen molar-refractivity contribution in [1.29, 1.82) is 0 Å². The molecule has 1 amide bonds. The molecule has 0 aliphatic rings. The van der Waals surface area contributed by atoms with E-state index in [1.165, 1.54) is 16.4 Å². The number of rotatable bonds is 5. The average Bonchev–Trinajstić information content (AvgIpc) is 2.96. The number of nitrogens with one attached hydrogen (secondary N) is 1. The minimum atomic E-state index is -0.167. The van der Waals surface area contributed by atoms with Crippen LogP contribution in [0.1, 0.15) is 5.56 Å². The standard InChI is InChI=1S/C17H14BrCl2N5OS/c1-9-6-10(18)2-5-14(9)22-15(26)8-27-17-24-23-16(25(17)21)12-4-3-11(19)7-13(12)20/h2-7H,8,21H2,1H3,(H,22,26). The van der Waals surface area contributed by atoms with E-state index in [9.17, 15) is 4.79 Å². The van der Waals surface area contributed by atoms with Crippen LogP contribution in [0.5, 0.6) is 0 Å². The highest BCUT2D eigenvalue weighted by molar-refractivity contribution is 9.10. The normalized spacial score (nSPS) is 10.8. The van der Waals surface area contributed by atoms with Gasteiger partial charge in [-0.25, -0.2) is 4.68 Å². The van der Waals surface area contributed by atoms with Crippen LogP contribution in [0.25, 0.3) is 11.4 Å². The Morgan fingerprint density at radius 2 is 2.04 bits per heavy atom. The molecule has 0 saturated heterocycles. The Hall–Kier alpha value is -1.74. The summed E-state index contributed by atoms with van der Waals surface area (Å²) < 4.78 is 2.26. The zero-order valence-corrected chi connectivity index (χ0v) is 18.0. The summed E-state index contributed by atoms with van der Waals surface area (Å²) in [5, 5.41) is 12.3. The Morgan fingerprint density at radius 1 is 1.26 bits per heavy atom. The number of amides is 1. The van der Waals surface area contributed by atoms with Gasteiger partial charge in [0.25, 0.3) is 0 Å². The third-order valence-corrected chi connectivity index (χ3v) is 5.62. The first-order valence-electron chi connectivity index (χ1n) is 7.70. The highest BCUT2D eigenvalue weighted by Crippen LogP contribution is 2.30. The fourth-order valence-electron chi connectivity index (χ4n) is 2.31. The number of halogens is 3. The Labute approximate surface area is 178 Å². The molecule has 10 heteroatoms. The number of aromatic nitrogens is 3. The number of carbonyl (C=O) groups excluding carboxylic acids is 1. The van der Waals surface area contributed by atoms with Gasteiger partial charge in [0.1, 0.15) is 0 Å².